The molecule has 1 N–H and O–H groups in total. The molecule has 0 atom stereocenters. The Morgan fingerprint density at radius 1 is 1.32 bits per heavy atom. The van der Waals surface area contributed by atoms with Crippen LogP contribution in [0.3, 0.4) is 0 Å². The van der Waals surface area contributed by atoms with Crippen molar-refractivity contribution in [1.29, 1.82) is 0 Å². The lowest BCUT2D eigenvalue weighted by Crippen LogP contribution is -2.02. The number of nitrogens with zero attached hydrogens (tertiary/aromatic N) is 1. The van der Waals surface area contributed by atoms with Crippen LogP contribution in [0.25, 0.3) is 0 Å². The number of carboxylic acids is 1. The number of pyridine rings is 1. The molecule has 1 aromatic carbocycles. The molecule has 0 saturated heterocycles. The summed E-state index contributed by atoms with van der Waals surface area (Å²) < 4.78 is 13.8. The summed E-state index contributed by atoms with van der Waals surface area (Å²) in [5.74, 6) is -1.60. The Kier molecular flexibility index (Phi) is 4.39. The average molecular weight is 298 g/mol. The molecule has 0 bridgehead atoms. The van der Waals surface area contributed by atoms with Gasteiger partial charge < -0.3 is 5.11 Å². The molecule has 0 aliphatic heterocycles. The maximum absolute atomic E-state index is 13.8. The number of benzene rings is 1. The molecule has 0 spiro atoms. The third-order valence-electron chi connectivity index (χ3n) is 2.38. The number of hydrogen-bond acceptors (Lipinski definition) is 3. The lowest BCUT2D eigenvalue weighted by Gasteiger charge is -2.04. The zero-order chi connectivity index (χ0) is 13.8. The molecular formula is C13H9ClFNO2S. The van der Waals surface area contributed by atoms with Gasteiger partial charge in [-0.2, -0.15) is 0 Å². The molecule has 0 aliphatic carbocycles. The summed E-state index contributed by atoms with van der Waals surface area (Å²) in [6.07, 6.45) is 1.29. The summed E-state index contributed by atoms with van der Waals surface area (Å²) in [5, 5.41) is 9.52. The molecule has 2 aromatic rings. The van der Waals surface area contributed by atoms with Gasteiger partial charge in [-0.25, -0.2) is 14.2 Å². The van der Waals surface area contributed by atoms with E-state index in [1.165, 1.54) is 6.20 Å². The van der Waals surface area contributed by atoms with E-state index in [-0.39, 0.29) is 10.6 Å². The van der Waals surface area contributed by atoms with Crippen LogP contribution in [0.15, 0.2) is 41.6 Å². The summed E-state index contributed by atoms with van der Waals surface area (Å²) in [6, 6.07) is 8.29. The van der Waals surface area contributed by atoms with E-state index < -0.39 is 11.8 Å². The molecule has 0 radical (unpaired) electrons. The van der Waals surface area contributed by atoms with Crippen molar-refractivity contribution in [2.24, 2.45) is 0 Å². The highest BCUT2D eigenvalue weighted by atomic mass is 35.5. The van der Waals surface area contributed by atoms with E-state index in [2.05, 4.69) is 4.98 Å². The van der Waals surface area contributed by atoms with Gasteiger partial charge in [0.05, 0.1) is 5.56 Å². The van der Waals surface area contributed by atoms with Crippen molar-refractivity contribution in [3.8, 4) is 0 Å². The van der Waals surface area contributed by atoms with E-state index in [0.717, 1.165) is 23.4 Å². The number of thioether (sulfide) groups is 1. The minimum Gasteiger partial charge on any atom is -0.478 e. The van der Waals surface area contributed by atoms with Crippen LogP contribution in [0, 0.1) is 5.82 Å². The Hall–Kier alpha value is -1.59. The van der Waals surface area contributed by atoms with Crippen LogP contribution in [0.5, 0.6) is 0 Å². The lowest BCUT2D eigenvalue weighted by molar-refractivity contribution is 0.0691. The second-order valence-corrected chi connectivity index (χ2v) is 5.10. The fourth-order valence-electron chi connectivity index (χ4n) is 1.42. The summed E-state index contributed by atoms with van der Waals surface area (Å²) in [5.41, 5.74) is 0.588. The maximum Gasteiger partial charge on any atom is 0.338 e. The number of rotatable bonds is 4. The second kappa shape index (κ2) is 6.04. The Bertz CT molecular complexity index is 604. The standard InChI is InChI=1S/C13H9ClFNO2S/c14-9-3-1-8(2-4-9)7-19-12-11(15)10(13(17)18)5-6-16-12/h1-6H,7H2,(H,17,18). The molecular weight excluding hydrogens is 289 g/mol. The van der Waals surface area contributed by atoms with Gasteiger partial charge in [0.2, 0.25) is 0 Å². The number of aromatic carboxylic acids is 1. The van der Waals surface area contributed by atoms with E-state index in [0.29, 0.717) is 10.8 Å². The molecule has 0 amide bonds. The molecule has 1 heterocycles. The first-order chi connectivity index (χ1) is 9.08. The van der Waals surface area contributed by atoms with Crippen LogP contribution >= 0.6 is 23.4 Å². The Morgan fingerprint density at radius 2 is 2.00 bits per heavy atom. The van der Waals surface area contributed by atoms with E-state index in [1.807, 2.05) is 12.1 Å². The highest BCUT2D eigenvalue weighted by Crippen LogP contribution is 2.25. The monoisotopic (exact) mass is 297 g/mol. The number of halogens is 2. The molecule has 19 heavy (non-hydrogen) atoms. The number of aromatic nitrogens is 1. The van der Waals surface area contributed by atoms with Gasteiger partial charge in [-0.3, -0.25) is 0 Å². The number of hydrogen-bond donors (Lipinski definition) is 1. The fourth-order valence-corrected chi connectivity index (χ4v) is 2.42. The van der Waals surface area contributed by atoms with Gasteiger partial charge in [0.1, 0.15) is 5.03 Å². The van der Waals surface area contributed by atoms with Crippen LogP contribution in [0.2, 0.25) is 5.02 Å². The molecule has 98 valence electrons. The topological polar surface area (TPSA) is 50.2 Å². The number of carbonyl (C=O) groups is 1. The Morgan fingerprint density at radius 3 is 2.63 bits per heavy atom. The van der Waals surface area contributed by atoms with Crippen molar-refractivity contribution < 1.29 is 14.3 Å². The SMILES string of the molecule is O=C(O)c1ccnc(SCc2ccc(Cl)cc2)c1F. The van der Waals surface area contributed by atoms with Crippen molar-refractivity contribution in [3.05, 3.63) is 58.5 Å². The molecule has 0 fully saturated rings. The van der Waals surface area contributed by atoms with Crippen molar-refractivity contribution in [2.75, 3.05) is 0 Å². The van der Waals surface area contributed by atoms with Crippen molar-refractivity contribution >= 4 is 29.3 Å². The summed E-state index contributed by atoms with van der Waals surface area (Å²) >= 11 is 6.91. The lowest BCUT2D eigenvalue weighted by atomic mass is 10.2. The maximum atomic E-state index is 13.8. The third-order valence-corrected chi connectivity index (χ3v) is 3.66. The third kappa shape index (κ3) is 3.45. The minimum absolute atomic E-state index is 0.0786. The molecule has 1 aromatic heterocycles. The van der Waals surface area contributed by atoms with E-state index in [1.54, 1.807) is 12.1 Å². The van der Waals surface area contributed by atoms with Gasteiger partial charge in [0, 0.05) is 17.0 Å². The molecule has 3 nitrogen and oxygen atoms in total. The molecule has 6 heteroatoms. The highest BCUT2D eigenvalue weighted by Gasteiger charge is 2.15. The summed E-state index contributed by atoms with van der Waals surface area (Å²) in [7, 11) is 0. The average Bonchev–Trinajstić information content (AvgIpc) is 2.39. The molecule has 0 saturated carbocycles. The van der Waals surface area contributed by atoms with E-state index in [9.17, 15) is 9.18 Å². The van der Waals surface area contributed by atoms with Crippen molar-refractivity contribution in [2.45, 2.75) is 10.8 Å². The smallest absolute Gasteiger partial charge is 0.338 e. The summed E-state index contributed by atoms with van der Waals surface area (Å²) in [4.78, 5) is 14.6. The summed E-state index contributed by atoms with van der Waals surface area (Å²) in [6.45, 7) is 0. The number of carboxylic acid groups (broad SMARTS) is 1. The van der Waals surface area contributed by atoms with Crippen LogP contribution in [-0.4, -0.2) is 16.1 Å². The molecule has 0 aliphatic rings. The fraction of sp³-hybridized carbons (Fsp3) is 0.0769. The highest BCUT2D eigenvalue weighted by molar-refractivity contribution is 7.98. The molecule has 2 rings (SSSR count). The van der Waals surface area contributed by atoms with Crippen molar-refractivity contribution in [1.82, 2.24) is 4.98 Å². The van der Waals surface area contributed by atoms with Gasteiger partial charge in [-0.15, -0.1) is 0 Å². The first kappa shape index (κ1) is 13.8. The Balaban J connectivity index is 2.13. The largest absolute Gasteiger partial charge is 0.478 e. The first-order valence-electron chi connectivity index (χ1n) is 5.33. The Labute approximate surface area is 118 Å². The zero-order valence-electron chi connectivity index (χ0n) is 9.64. The van der Waals surface area contributed by atoms with Gasteiger partial charge in [0.15, 0.2) is 5.82 Å². The normalized spacial score (nSPS) is 10.4. The second-order valence-electron chi connectivity index (χ2n) is 3.70. The van der Waals surface area contributed by atoms with E-state index >= 15 is 0 Å². The van der Waals surface area contributed by atoms with Crippen LogP contribution < -0.4 is 0 Å². The van der Waals surface area contributed by atoms with Crippen molar-refractivity contribution in [3.63, 3.8) is 0 Å². The van der Waals surface area contributed by atoms with Crippen LogP contribution in [-0.2, 0) is 5.75 Å². The quantitative estimate of drug-likeness (QED) is 0.871. The zero-order valence-corrected chi connectivity index (χ0v) is 11.2. The van der Waals surface area contributed by atoms with Crippen LogP contribution in [0.4, 0.5) is 4.39 Å². The van der Waals surface area contributed by atoms with Gasteiger partial charge in [0.25, 0.3) is 0 Å². The minimum atomic E-state index is -1.30. The molecule has 0 unspecified atom stereocenters. The van der Waals surface area contributed by atoms with E-state index in [4.69, 9.17) is 16.7 Å². The first-order valence-corrected chi connectivity index (χ1v) is 6.69. The predicted molar refractivity (Wildman–Crippen MR) is 72.2 cm³/mol. The predicted octanol–water partition coefficient (Wildman–Crippen LogP) is 3.86. The van der Waals surface area contributed by atoms with Gasteiger partial charge in [-0.1, -0.05) is 35.5 Å². The van der Waals surface area contributed by atoms with Gasteiger partial charge in [-0.05, 0) is 23.8 Å². The van der Waals surface area contributed by atoms with Crippen LogP contribution in [0.1, 0.15) is 15.9 Å². The van der Waals surface area contributed by atoms with Gasteiger partial charge >= 0.3 is 5.97 Å².